The van der Waals surface area contributed by atoms with Gasteiger partial charge in [-0.1, -0.05) is 48.5 Å². The summed E-state index contributed by atoms with van der Waals surface area (Å²) in [6.07, 6.45) is 3.29. The molecule has 0 radical (unpaired) electrons. The summed E-state index contributed by atoms with van der Waals surface area (Å²) >= 11 is 0. The number of aromatic nitrogens is 3. The highest BCUT2D eigenvalue weighted by atomic mass is 16.1. The number of hydrogen-bond acceptors (Lipinski definition) is 3. The van der Waals surface area contributed by atoms with Gasteiger partial charge in [0.1, 0.15) is 11.3 Å². The lowest BCUT2D eigenvalue weighted by atomic mass is 10.2. The van der Waals surface area contributed by atoms with Gasteiger partial charge >= 0.3 is 0 Å². The molecule has 2 aromatic heterocycles. The molecule has 1 amide bonds. The lowest BCUT2D eigenvalue weighted by Gasteiger charge is -2.07. The average Bonchev–Trinajstić information content (AvgIpc) is 2.76. The fourth-order valence-corrected chi connectivity index (χ4v) is 3.33. The molecule has 6 heteroatoms. The number of benzene rings is 2. The molecule has 1 N–H and O–H groups in total. The summed E-state index contributed by atoms with van der Waals surface area (Å²) in [5.41, 5.74) is 2.28. The van der Waals surface area contributed by atoms with E-state index < -0.39 is 0 Å². The van der Waals surface area contributed by atoms with Crippen LogP contribution in [0, 0.1) is 0 Å². The van der Waals surface area contributed by atoms with Crippen LogP contribution in [0.4, 0.5) is 0 Å². The molecule has 4 aromatic rings. The SMILES string of the molecule is O=C(CCCc1nc2ccccc2c(=O)[nH]1)N=c1ccccn1Cc1ccccc1. The van der Waals surface area contributed by atoms with Gasteiger partial charge in [-0.3, -0.25) is 9.59 Å². The molecule has 0 aliphatic heterocycles. The minimum absolute atomic E-state index is 0.155. The third-order valence-electron chi connectivity index (χ3n) is 4.82. The van der Waals surface area contributed by atoms with E-state index >= 15 is 0 Å². The molecule has 30 heavy (non-hydrogen) atoms. The highest BCUT2D eigenvalue weighted by Gasteiger charge is 2.06. The smallest absolute Gasteiger partial charge is 0.258 e. The third kappa shape index (κ3) is 4.78. The van der Waals surface area contributed by atoms with Gasteiger partial charge in [0.05, 0.1) is 10.9 Å². The number of nitrogens with zero attached hydrogens (tertiary/aromatic N) is 3. The van der Waals surface area contributed by atoms with Crippen molar-refractivity contribution >= 4 is 16.8 Å². The summed E-state index contributed by atoms with van der Waals surface area (Å²) in [4.78, 5) is 36.1. The van der Waals surface area contributed by atoms with Crippen molar-refractivity contribution < 1.29 is 4.79 Å². The Labute approximate surface area is 173 Å². The highest BCUT2D eigenvalue weighted by Crippen LogP contribution is 2.07. The van der Waals surface area contributed by atoms with E-state index in [1.807, 2.05) is 77.5 Å². The quantitative estimate of drug-likeness (QED) is 0.542. The Kier molecular flexibility index (Phi) is 5.94. The van der Waals surface area contributed by atoms with Crippen molar-refractivity contribution in [3.63, 3.8) is 0 Å². The van der Waals surface area contributed by atoms with Gasteiger partial charge in [0.15, 0.2) is 0 Å². The summed E-state index contributed by atoms with van der Waals surface area (Å²) in [6.45, 7) is 0.649. The fraction of sp³-hybridized carbons (Fsp3) is 0.167. The number of fused-ring (bicyclic) bond motifs is 1. The topological polar surface area (TPSA) is 80.1 Å². The number of aromatic amines is 1. The number of pyridine rings is 1. The lowest BCUT2D eigenvalue weighted by Crippen LogP contribution is -2.22. The first kappa shape index (κ1) is 19.5. The van der Waals surface area contributed by atoms with Crippen LogP contribution < -0.4 is 11.0 Å². The maximum Gasteiger partial charge on any atom is 0.258 e. The standard InChI is InChI=1S/C24H22N4O2/c29-23(15-8-13-21-25-20-12-5-4-11-19(20)24(30)26-21)27-22-14-6-7-16-28(22)17-18-9-2-1-3-10-18/h1-7,9-12,14,16H,8,13,15,17H2,(H,25,26,30). The first-order valence-electron chi connectivity index (χ1n) is 9.94. The summed E-state index contributed by atoms with van der Waals surface area (Å²) in [7, 11) is 0. The van der Waals surface area contributed by atoms with Crippen LogP contribution in [-0.2, 0) is 17.8 Å². The summed E-state index contributed by atoms with van der Waals surface area (Å²) < 4.78 is 1.95. The van der Waals surface area contributed by atoms with E-state index in [0.717, 1.165) is 5.56 Å². The number of carbonyl (C=O) groups excluding carboxylic acids is 1. The minimum Gasteiger partial charge on any atom is -0.329 e. The van der Waals surface area contributed by atoms with Crippen molar-refractivity contribution in [2.24, 2.45) is 4.99 Å². The van der Waals surface area contributed by atoms with Gasteiger partial charge in [0.2, 0.25) is 5.91 Å². The van der Waals surface area contributed by atoms with Crippen molar-refractivity contribution in [2.45, 2.75) is 25.8 Å². The Morgan fingerprint density at radius 1 is 0.967 bits per heavy atom. The Hall–Kier alpha value is -3.80. The number of para-hydroxylation sites is 1. The third-order valence-corrected chi connectivity index (χ3v) is 4.82. The van der Waals surface area contributed by atoms with Gasteiger partial charge in [-0.15, -0.1) is 0 Å². The van der Waals surface area contributed by atoms with E-state index in [1.54, 1.807) is 6.07 Å². The fourth-order valence-electron chi connectivity index (χ4n) is 3.33. The maximum absolute atomic E-state index is 12.4. The molecule has 0 unspecified atom stereocenters. The minimum atomic E-state index is -0.189. The molecule has 2 heterocycles. The van der Waals surface area contributed by atoms with Gasteiger partial charge in [-0.05, 0) is 36.2 Å². The zero-order valence-corrected chi connectivity index (χ0v) is 16.5. The normalized spacial score (nSPS) is 11.7. The summed E-state index contributed by atoms with van der Waals surface area (Å²) in [5, 5.41) is 0.569. The predicted molar refractivity (Wildman–Crippen MR) is 116 cm³/mol. The Morgan fingerprint density at radius 2 is 1.73 bits per heavy atom. The molecule has 0 aliphatic rings. The molecule has 0 fully saturated rings. The van der Waals surface area contributed by atoms with Crippen molar-refractivity contribution in [1.29, 1.82) is 0 Å². The number of hydrogen-bond donors (Lipinski definition) is 1. The molecule has 0 spiro atoms. The van der Waals surface area contributed by atoms with Crippen LogP contribution in [0.3, 0.4) is 0 Å². The second kappa shape index (κ2) is 9.13. The molecular weight excluding hydrogens is 376 g/mol. The van der Waals surface area contributed by atoms with Crippen LogP contribution in [0.5, 0.6) is 0 Å². The number of amides is 1. The molecule has 6 nitrogen and oxygen atoms in total. The number of aryl methyl sites for hydroxylation is 1. The molecule has 4 rings (SSSR count). The second-order valence-corrected chi connectivity index (χ2v) is 7.06. The summed E-state index contributed by atoms with van der Waals surface area (Å²) in [5.74, 6) is 0.400. The van der Waals surface area contributed by atoms with Crippen LogP contribution in [0.2, 0.25) is 0 Å². The molecule has 150 valence electrons. The number of H-pyrrole nitrogens is 1. The second-order valence-electron chi connectivity index (χ2n) is 7.06. The largest absolute Gasteiger partial charge is 0.329 e. The van der Waals surface area contributed by atoms with Crippen LogP contribution in [-0.4, -0.2) is 20.4 Å². The van der Waals surface area contributed by atoms with E-state index in [2.05, 4.69) is 15.0 Å². The van der Waals surface area contributed by atoms with Crippen molar-refractivity contribution in [3.8, 4) is 0 Å². The van der Waals surface area contributed by atoms with E-state index in [-0.39, 0.29) is 17.9 Å². The van der Waals surface area contributed by atoms with E-state index in [9.17, 15) is 9.59 Å². The molecule has 0 bridgehead atoms. The van der Waals surface area contributed by atoms with Crippen LogP contribution in [0.1, 0.15) is 24.2 Å². The van der Waals surface area contributed by atoms with E-state index in [1.165, 1.54) is 0 Å². The number of carbonyl (C=O) groups is 1. The molecule has 2 aromatic carbocycles. The van der Waals surface area contributed by atoms with Gasteiger partial charge in [0, 0.05) is 25.6 Å². The predicted octanol–water partition coefficient (Wildman–Crippen LogP) is 3.22. The zero-order valence-electron chi connectivity index (χ0n) is 16.5. The maximum atomic E-state index is 12.4. The highest BCUT2D eigenvalue weighted by molar-refractivity contribution is 5.77. The van der Waals surface area contributed by atoms with Crippen LogP contribution in [0.25, 0.3) is 10.9 Å². The Balaban J connectivity index is 1.43. The van der Waals surface area contributed by atoms with Crippen LogP contribution >= 0.6 is 0 Å². The lowest BCUT2D eigenvalue weighted by molar-refractivity contribution is -0.118. The first-order valence-corrected chi connectivity index (χ1v) is 9.94. The van der Waals surface area contributed by atoms with Crippen molar-refractivity contribution in [1.82, 2.24) is 14.5 Å². The van der Waals surface area contributed by atoms with E-state index in [4.69, 9.17) is 0 Å². The van der Waals surface area contributed by atoms with E-state index in [0.29, 0.717) is 41.6 Å². The van der Waals surface area contributed by atoms with Gasteiger partial charge in [-0.25, -0.2) is 4.98 Å². The Bertz CT molecular complexity index is 1290. The van der Waals surface area contributed by atoms with Gasteiger partial charge in [-0.2, -0.15) is 4.99 Å². The average molecular weight is 398 g/mol. The molecule has 0 saturated heterocycles. The summed E-state index contributed by atoms with van der Waals surface area (Å²) in [6, 6.07) is 22.9. The van der Waals surface area contributed by atoms with Gasteiger partial charge < -0.3 is 9.55 Å². The van der Waals surface area contributed by atoms with Crippen molar-refractivity contribution in [2.75, 3.05) is 0 Å². The van der Waals surface area contributed by atoms with Crippen LogP contribution in [0.15, 0.2) is 88.8 Å². The monoisotopic (exact) mass is 398 g/mol. The molecular formula is C24H22N4O2. The van der Waals surface area contributed by atoms with Gasteiger partial charge in [0.25, 0.3) is 5.56 Å². The molecule has 0 saturated carbocycles. The van der Waals surface area contributed by atoms with Crippen molar-refractivity contribution in [3.05, 3.63) is 106 Å². The molecule has 0 aliphatic carbocycles. The Morgan fingerprint density at radius 3 is 2.60 bits per heavy atom. The first-order chi connectivity index (χ1) is 14.7. The number of nitrogens with one attached hydrogen (secondary N) is 1. The zero-order chi connectivity index (χ0) is 20.8. The molecule has 0 atom stereocenters. The number of rotatable bonds is 6.